The fourth-order valence-corrected chi connectivity index (χ4v) is 7.27. The molecule has 0 aromatic carbocycles. The van der Waals surface area contributed by atoms with Crippen LogP contribution in [0, 0.1) is 0 Å². The topological polar surface area (TPSA) is 111 Å². The third kappa shape index (κ3) is 47.3. The molecular weight excluding hydrogens is 791 g/mol. The smallest absolute Gasteiger partial charge is 0.306 e. The number of likely N-dealkylation sites (N-methyl/N-ethyl adjacent to an activating group) is 1. The Bertz CT molecular complexity index is 1130. The van der Waals surface area contributed by atoms with Gasteiger partial charge in [-0.05, 0) is 70.6 Å². The summed E-state index contributed by atoms with van der Waals surface area (Å²) < 4.78 is 22.6. The average Bonchev–Trinajstić information content (AvgIpc) is 3.24. The Labute approximate surface area is 388 Å². The summed E-state index contributed by atoms with van der Waals surface area (Å²) in [6, 6.07) is 0. The fourth-order valence-electron chi connectivity index (χ4n) is 7.27. The molecule has 9 heteroatoms. The van der Waals surface area contributed by atoms with Gasteiger partial charge in [-0.3, -0.25) is 9.59 Å². The maximum absolute atomic E-state index is 12.8. The average molecular weight is 890 g/mol. The van der Waals surface area contributed by atoms with Gasteiger partial charge in [0.25, 0.3) is 0 Å². The molecule has 0 aliphatic rings. The van der Waals surface area contributed by atoms with Crippen LogP contribution < -0.4 is 5.11 Å². The number of allylic oxidation sites excluding steroid dienone is 6. The Morgan fingerprint density at radius 1 is 0.476 bits per heavy atom. The SMILES string of the molecule is CCCCC/C=C\C/C=C\CCCCCCCCCCCC(=O)OC(COC(=O)CCCCCCCCCCC/C=C\CCCCCCCC)COC(OCC[N+](C)(C)C)C(=O)[O-]. The number of unbranched alkanes of at least 4 members (excludes halogenated alkanes) is 27. The summed E-state index contributed by atoms with van der Waals surface area (Å²) in [5, 5.41) is 11.7. The molecule has 0 aliphatic heterocycles. The number of rotatable bonds is 48. The molecule has 9 nitrogen and oxygen atoms in total. The Balaban J connectivity index is 4.33. The van der Waals surface area contributed by atoms with Gasteiger partial charge in [0.2, 0.25) is 0 Å². The second-order valence-electron chi connectivity index (χ2n) is 18.8. The van der Waals surface area contributed by atoms with E-state index in [9.17, 15) is 19.5 Å². The summed E-state index contributed by atoms with van der Waals surface area (Å²) in [4.78, 5) is 37.2. The van der Waals surface area contributed by atoms with Crippen LogP contribution in [0.1, 0.15) is 232 Å². The van der Waals surface area contributed by atoms with E-state index < -0.39 is 24.3 Å². The molecule has 0 fully saturated rings. The van der Waals surface area contributed by atoms with Gasteiger partial charge in [0, 0.05) is 12.8 Å². The predicted octanol–water partition coefficient (Wildman–Crippen LogP) is 13.2. The van der Waals surface area contributed by atoms with E-state index >= 15 is 0 Å². The van der Waals surface area contributed by atoms with Gasteiger partial charge in [0.15, 0.2) is 12.4 Å². The number of carbonyl (C=O) groups is 3. The summed E-state index contributed by atoms with van der Waals surface area (Å²) >= 11 is 0. The highest BCUT2D eigenvalue weighted by atomic mass is 16.7. The van der Waals surface area contributed by atoms with Crippen LogP contribution in [-0.2, 0) is 33.3 Å². The number of quaternary nitrogens is 1. The van der Waals surface area contributed by atoms with Crippen molar-refractivity contribution in [2.75, 3.05) is 47.5 Å². The largest absolute Gasteiger partial charge is 0.545 e. The maximum Gasteiger partial charge on any atom is 0.306 e. The first kappa shape index (κ1) is 60.5. The quantitative estimate of drug-likeness (QED) is 0.0195. The summed E-state index contributed by atoms with van der Waals surface area (Å²) in [5.41, 5.74) is 0. The van der Waals surface area contributed by atoms with Gasteiger partial charge in [0.1, 0.15) is 13.2 Å². The zero-order valence-corrected chi connectivity index (χ0v) is 41.7. The lowest BCUT2D eigenvalue weighted by Crippen LogP contribution is -2.44. The van der Waals surface area contributed by atoms with E-state index in [4.69, 9.17) is 18.9 Å². The monoisotopic (exact) mass is 890 g/mol. The number of hydrogen-bond donors (Lipinski definition) is 0. The van der Waals surface area contributed by atoms with Gasteiger partial charge in [-0.15, -0.1) is 0 Å². The third-order valence-corrected chi connectivity index (χ3v) is 11.4. The van der Waals surface area contributed by atoms with Crippen molar-refractivity contribution in [2.24, 2.45) is 0 Å². The molecule has 0 saturated carbocycles. The van der Waals surface area contributed by atoms with Crippen LogP contribution in [0.15, 0.2) is 36.5 Å². The van der Waals surface area contributed by atoms with Gasteiger partial charge in [-0.2, -0.15) is 0 Å². The van der Waals surface area contributed by atoms with Gasteiger partial charge >= 0.3 is 11.9 Å². The summed E-state index contributed by atoms with van der Waals surface area (Å²) in [7, 11) is 5.92. The second-order valence-corrected chi connectivity index (χ2v) is 18.8. The second kappa shape index (κ2) is 46.1. The molecule has 368 valence electrons. The molecule has 2 atom stereocenters. The first-order valence-electron chi connectivity index (χ1n) is 26.1. The molecule has 0 spiro atoms. The highest BCUT2D eigenvalue weighted by Crippen LogP contribution is 2.15. The van der Waals surface area contributed by atoms with E-state index in [1.165, 1.54) is 148 Å². The zero-order chi connectivity index (χ0) is 46.3. The minimum Gasteiger partial charge on any atom is -0.545 e. The van der Waals surface area contributed by atoms with Crippen molar-refractivity contribution in [3.05, 3.63) is 36.5 Å². The highest BCUT2D eigenvalue weighted by Gasteiger charge is 2.22. The molecule has 2 unspecified atom stereocenters. The maximum atomic E-state index is 12.8. The number of aliphatic carboxylic acids is 1. The molecule has 0 N–H and O–H groups in total. The minimum atomic E-state index is -1.62. The normalized spacial score (nSPS) is 13.1. The van der Waals surface area contributed by atoms with Crippen LogP contribution >= 0.6 is 0 Å². The van der Waals surface area contributed by atoms with Gasteiger partial charge in [0.05, 0.1) is 40.3 Å². The van der Waals surface area contributed by atoms with Crippen molar-refractivity contribution < 1.29 is 42.9 Å². The van der Waals surface area contributed by atoms with Crippen LogP contribution in [0.4, 0.5) is 0 Å². The van der Waals surface area contributed by atoms with Crippen molar-refractivity contribution >= 4 is 17.9 Å². The molecule has 0 rings (SSSR count). The molecule has 0 aliphatic carbocycles. The summed E-state index contributed by atoms with van der Waals surface area (Å²) in [6.45, 7) is 4.73. The van der Waals surface area contributed by atoms with E-state index in [1.54, 1.807) is 0 Å². The van der Waals surface area contributed by atoms with Gasteiger partial charge in [-0.25, -0.2) is 0 Å². The van der Waals surface area contributed by atoms with Crippen molar-refractivity contribution in [3.63, 3.8) is 0 Å². The number of hydrogen-bond acceptors (Lipinski definition) is 8. The lowest BCUT2D eigenvalue weighted by Gasteiger charge is -2.26. The Morgan fingerprint density at radius 2 is 0.857 bits per heavy atom. The van der Waals surface area contributed by atoms with Crippen molar-refractivity contribution in [3.8, 4) is 0 Å². The van der Waals surface area contributed by atoms with Crippen molar-refractivity contribution in [2.45, 2.75) is 245 Å². The number of carbonyl (C=O) groups excluding carboxylic acids is 3. The summed E-state index contributed by atoms with van der Waals surface area (Å²) in [5.74, 6) is -2.28. The Morgan fingerprint density at radius 3 is 1.30 bits per heavy atom. The molecule has 0 radical (unpaired) electrons. The lowest BCUT2D eigenvalue weighted by atomic mass is 10.1. The molecule has 0 heterocycles. The molecule has 0 amide bonds. The van der Waals surface area contributed by atoms with Crippen molar-refractivity contribution in [1.82, 2.24) is 0 Å². The van der Waals surface area contributed by atoms with E-state index in [2.05, 4.69) is 50.3 Å². The standard InChI is InChI=1S/C54H99NO8/c1-6-8-10-12-14-16-18-20-22-24-26-28-30-32-34-36-38-40-42-44-51(56)61-48-50(49-62-54(53(58)59)60-47-46-55(3,4)5)63-52(57)45-43-41-39-37-35-33-31-29-27-25-23-21-19-17-15-13-11-9-7-2/h15,17,20-23,50,54H,6-14,16,18-19,24-49H2,1-5H3/b17-15-,22-20-,23-21-. The fraction of sp³-hybridized carbons (Fsp3) is 0.833. The number of carboxylic acids is 1. The molecule has 0 aromatic rings. The molecule has 0 aromatic heterocycles. The molecule has 0 bridgehead atoms. The van der Waals surface area contributed by atoms with E-state index in [0.717, 1.165) is 51.4 Å². The lowest BCUT2D eigenvalue weighted by molar-refractivity contribution is -0.870. The number of esters is 2. The van der Waals surface area contributed by atoms with E-state index in [-0.39, 0.29) is 32.2 Å². The van der Waals surface area contributed by atoms with Crippen LogP contribution in [-0.4, -0.2) is 82.3 Å². The van der Waals surface area contributed by atoms with Gasteiger partial charge < -0.3 is 33.3 Å². The van der Waals surface area contributed by atoms with Crippen molar-refractivity contribution in [1.29, 1.82) is 0 Å². The van der Waals surface area contributed by atoms with Crippen LogP contribution in [0.25, 0.3) is 0 Å². The molecular formula is C54H99NO8. The Hall–Kier alpha value is -2.49. The number of ether oxygens (including phenoxy) is 4. The van der Waals surface area contributed by atoms with Crippen LogP contribution in [0.2, 0.25) is 0 Å². The number of carboxylic acid groups (broad SMARTS) is 1. The highest BCUT2D eigenvalue weighted by molar-refractivity contribution is 5.70. The van der Waals surface area contributed by atoms with E-state index in [0.29, 0.717) is 23.9 Å². The minimum absolute atomic E-state index is 0.147. The number of nitrogens with zero attached hydrogens (tertiary/aromatic N) is 1. The molecule has 0 saturated heterocycles. The van der Waals surface area contributed by atoms with Crippen LogP contribution in [0.3, 0.4) is 0 Å². The first-order valence-corrected chi connectivity index (χ1v) is 26.1. The third-order valence-electron chi connectivity index (χ3n) is 11.4. The Kier molecular flexibility index (Phi) is 44.2. The first-order chi connectivity index (χ1) is 30.6. The van der Waals surface area contributed by atoms with Crippen LogP contribution in [0.5, 0.6) is 0 Å². The van der Waals surface area contributed by atoms with E-state index in [1.807, 2.05) is 21.1 Å². The summed E-state index contributed by atoms with van der Waals surface area (Å²) in [6.07, 6.45) is 50.3. The zero-order valence-electron chi connectivity index (χ0n) is 41.7. The molecule has 63 heavy (non-hydrogen) atoms. The van der Waals surface area contributed by atoms with Gasteiger partial charge in [-0.1, -0.05) is 185 Å². The predicted molar refractivity (Wildman–Crippen MR) is 260 cm³/mol.